The predicted molar refractivity (Wildman–Crippen MR) is 78.0 cm³/mol. The van der Waals surface area contributed by atoms with E-state index in [-0.39, 0.29) is 5.82 Å². The summed E-state index contributed by atoms with van der Waals surface area (Å²) in [4.78, 5) is 0.589. The molecule has 1 unspecified atom stereocenters. The van der Waals surface area contributed by atoms with E-state index in [0.717, 1.165) is 5.56 Å². The third-order valence-electron chi connectivity index (χ3n) is 2.82. The zero-order valence-electron chi connectivity index (χ0n) is 10.8. The first-order valence-electron chi connectivity index (χ1n) is 6.26. The van der Waals surface area contributed by atoms with Crippen LogP contribution in [0.3, 0.4) is 0 Å². The summed E-state index contributed by atoms with van der Waals surface area (Å²) in [7, 11) is 0. The van der Waals surface area contributed by atoms with Crippen molar-refractivity contribution >= 4 is 11.8 Å². The van der Waals surface area contributed by atoms with Crippen molar-refractivity contribution in [1.82, 2.24) is 0 Å². The molecule has 0 aliphatic heterocycles. The van der Waals surface area contributed by atoms with Gasteiger partial charge in [0, 0.05) is 10.6 Å². The van der Waals surface area contributed by atoms with Crippen LogP contribution in [-0.4, -0.2) is 17.0 Å². The first kappa shape index (κ1) is 14.1. The number of rotatable bonds is 5. The highest BCUT2D eigenvalue weighted by molar-refractivity contribution is 7.99. The molecule has 0 aliphatic rings. The Balaban J connectivity index is 1.88. The molecule has 2 rings (SSSR count). The lowest BCUT2D eigenvalue weighted by Crippen LogP contribution is -2.13. The Morgan fingerprint density at radius 2 is 1.95 bits per heavy atom. The molecule has 0 spiro atoms. The van der Waals surface area contributed by atoms with Gasteiger partial charge in [-0.15, -0.1) is 11.8 Å². The van der Waals surface area contributed by atoms with Crippen LogP contribution in [0.25, 0.3) is 0 Å². The lowest BCUT2D eigenvalue weighted by molar-refractivity contribution is 0.200. The van der Waals surface area contributed by atoms with Gasteiger partial charge in [0.05, 0.1) is 6.10 Å². The zero-order valence-corrected chi connectivity index (χ0v) is 11.7. The van der Waals surface area contributed by atoms with Crippen molar-refractivity contribution in [3.05, 3.63) is 65.5 Å². The average Bonchev–Trinajstić information content (AvgIpc) is 2.38. The van der Waals surface area contributed by atoms with Gasteiger partial charge in [-0.05, 0) is 31.0 Å². The van der Waals surface area contributed by atoms with E-state index in [1.807, 2.05) is 25.1 Å². The molecule has 1 nitrogen and oxygen atoms in total. The van der Waals surface area contributed by atoms with Gasteiger partial charge in [0.2, 0.25) is 0 Å². The number of aliphatic hydroxyl groups excluding tert-OH is 1. The Morgan fingerprint density at radius 3 is 2.68 bits per heavy atom. The van der Waals surface area contributed by atoms with E-state index in [1.54, 1.807) is 18.2 Å². The highest BCUT2D eigenvalue weighted by atomic mass is 32.2. The first-order chi connectivity index (χ1) is 9.15. The molecule has 0 amide bonds. The highest BCUT2D eigenvalue weighted by Crippen LogP contribution is 2.22. The van der Waals surface area contributed by atoms with Gasteiger partial charge >= 0.3 is 0 Å². The molecular formula is C16H17FOS. The van der Waals surface area contributed by atoms with Crippen molar-refractivity contribution < 1.29 is 9.50 Å². The molecule has 0 fully saturated rings. The maximum Gasteiger partial charge on any atom is 0.136 e. The van der Waals surface area contributed by atoms with Crippen LogP contribution in [0.15, 0.2) is 53.4 Å². The summed E-state index contributed by atoms with van der Waals surface area (Å²) in [6, 6.07) is 14.7. The minimum absolute atomic E-state index is 0.227. The van der Waals surface area contributed by atoms with Crippen LogP contribution in [0.4, 0.5) is 4.39 Å². The van der Waals surface area contributed by atoms with Gasteiger partial charge in [-0.1, -0.05) is 42.0 Å². The maximum atomic E-state index is 13.4. The number of thioether (sulfide) groups is 1. The third-order valence-corrected chi connectivity index (χ3v) is 4.02. The molecule has 0 radical (unpaired) electrons. The van der Waals surface area contributed by atoms with Gasteiger partial charge in [0.25, 0.3) is 0 Å². The van der Waals surface area contributed by atoms with E-state index in [0.29, 0.717) is 17.1 Å². The first-order valence-corrected chi connectivity index (χ1v) is 7.24. The molecular weight excluding hydrogens is 259 g/mol. The SMILES string of the molecule is Cc1cccc(CC(O)CSc2ccccc2F)c1. The van der Waals surface area contributed by atoms with Gasteiger partial charge in [0.1, 0.15) is 5.82 Å². The van der Waals surface area contributed by atoms with Crippen molar-refractivity contribution in [2.24, 2.45) is 0 Å². The highest BCUT2D eigenvalue weighted by Gasteiger charge is 2.08. The molecule has 0 saturated carbocycles. The molecule has 0 heterocycles. The van der Waals surface area contributed by atoms with Crippen LogP contribution in [-0.2, 0) is 6.42 Å². The monoisotopic (exact) mass is 276 g/mol. The van der Waals surface area contributed by atoms with E-state index in [2.05, 4.69) is 6.07 Å². The van der Waals surface area contributed by atoms with Gasteiger partial charge in [-0.2, -0.15) is 0 Å². The Morgan fingerprint density at radius 1 is 1.16 bits per heavy atom. The van der Waals surface area contributed by atoms with Gasteiger partial charge in [-0.25, -0.2) is 4.39 Å². The van der Waals surface area contributed by atoms with Crippen molar-refractivity contribution in [2.75, 3.05) is 5.75 Å². The Labute approximate surface area is 117 Å². The van der Waals surface area contributed by atoms with Gasteiger partial charge in [-0.3, -0.25) is 0 Å². The largest absolute Gasteiger partial charge is 0.392 e. The van der Waals surface area contributed by atoms with Crippen LogP contribution >= 0.6 is 11.8 Å². The predicted octanol–water partition coefficient (Wildman–Crippen LogP) is 3.83. The number of halogens is 1. The molecule has 1 N–H and O–H groups in total. The quantitative estimate of drug-likeness (QED) is 0.838. The third kappa shape index (κ3) is 4.37. The fourth-order valence-corrected chi connectivity index (χ4v) is 2.79. The van der Waals surface area contributed by atoms with E-state index in [1.165, 1.54) is 23.4 Å². The lowest BCUT2D eigenvalue weighted by atomic mass is 10.1. The lowest BCUT2D eigenvalue weighted by Gasteiger charge is -2.11. The van der Waals surface area contributed by atoms with Crippen LogP contribution < -0.4 is 0 Å². The fraction of sp³-hybridized carbons (Fsp3) is 0.250. The van der Waals surface area contributed by atoms with E-state index in [4.69, 9.17) is 0 Å². The standard InChI is InChI=1S/C16H17FOS/c1-12-5-4-6-13(9-12)10-14(18)11-19-16-8-3-2-7-15(16)17/h2-9,14,18H,10-11H2,1H3. The van der Waals surface area contributed by atoms with Crippen LogP contribution in [0, 0.1) is 12.7 Å². The zero-order chi connectivity index (χ0) is 13.7. The summed E-state index contributed by atoms with van der Waals surface area (Å²) in [5.41, 5.74) is 2.30. The smallest absolute Gasteiger partial charge is 0.136 e. The minimum atomic E-state index is -0.466. The van der Waals surface area contributed by atoms with E-state index in [9.17, 15) is 9.50 Å². The number of hydrogen-bond acceptors (Lipinski definition) is 2. The second-order valence-corrected chi connectivity index (χ2v) is 5.65. The minimum Gasteiger partial charge on any atom is -0.392 e. The topological polar surface area (TPSA) is 20.2 Å². The molecule has 3 heteroatoms. The number of benzene rings is 2. The number of hydrogen-bond donors (Lipinski definition) is 1. The number of aliphatic hydroxyl groups is 1. The normalized spacial score (nSPS) is 12.4. The Bertz CT molecular complexity index is 542. The number of aryl methyl sites for hydroxylation is 1. The van der Waals surface area contributed by atoms with Crippen LogP contribution in [0.5, 0.6) is 0 Å². The summed E-state index contributed by atoms with van der Waals surface area (Å²) < 4.78 is 13.4. The molecule has 0 saturated heterocycles. The van der Waals surface area contributed by atoms with E-state index >= 15 is 0 Å². The molecule has 1 atom stereocenters. The summed E-state index contributed by atoms with van der Waals surface area (Å²) >= 11 is 1.35. The summed E-state index contributed by atoms with van der Waals surface area (Å²) in [5.74, 6) is 0.268. The summed E-state index contributed by atoms with van der Waals surface area (Å²) in [6.07, 6.45) is 0.134. The second kappa shape index (κ2) is 6.73. The maximum absolute atomic E-state index is 13.4. The van der Waals surface area contributed by atoms with Crippen LogP contribution in [0.1, 0.15) is 11.1 Å². The average molecular weight is 276 g/mol. The van der Waals surface area contributed by atoms with Crippen molar-refractivity contribution in [3.8, 4) is 0 Å². The van der Waals surface area contributed by atoms with Gasteiger partial charge < -0.3 is 5.11 Å². The Hall–Kier alpha value is -1.32. The van der Waals surface area contributed by atoms with E-state index < -0.39 is 6.10 Å². The Kier molecular flexibility index (Phi) is 5.00. The summed E-state index contributed by atoms with van der Waals surface area (Å²) in [6.45, 7) is 2.03. The molecule has 0 aromatic heterocycles. The van der Waals surface area contributed by atoms with Crippen LogP contribution in [0.2, 0.25) is 0 Å². The second-order valence-electron chi connectivity index (χ2n) is 4.59. The van der Waals surface area contributed by atoms with Crippen molar-refractivity contribution in [2.45, 2.75) is 24.3 Å². The van der Waals surface area contributed by atoms with Crippen molar-refractivity contribution in [1.29, 1.82) is 0 Å². The fourth-order valence-electron chi connectivity index (χ4n) is 1.92. The van der Waals surface area contributed by atoms with Gasteiger partial charge in [0.15, 0.2) is 0 Å². The molecule has 100 valence electrons. The molecule has 19 heavy (non-hydrogen) atoms. The molecule has 2 aromatic carbocycles. The summed E-state index contributed by atoms with van der Waals surface area (Å²) in [5, 5.41) is 10.0. The molecule has 0 bridgehead atoms. The molecule has 0 aliphatic carbocycles. The molecule has 2 aromatic rings. The van der Waals surface area contributed by atoms with Crippen molar-refractivity contribution in [3.63, 3.8) is 0 Å².